The molecule has 2 aliphatic rings. The van der Waals surface area contributed by atoms with Crippen molar-refractivity contribution in [2.75, 3.05) is 31.5 Å². The molecule has 0 radical (unpaired) electrons. The van der Waals surface area contributed by atoms with E-state index in [9.17, 15) is 13.2 Å². The predicted octanol–water partition coefficient (Wildman–Crippen LogP) is 2.61. The first-order chi connectivity index (χ1) is 12.1. The zero-order valence-corrected chi connectivity index (χ0v) is 16.6. The summed E-state index contributed by atoms with van der Waals surface area (Å²) in [5.41, 5.74) is 0.549. The Morgan fingerprint density at radius 3 is 2.69 bits per heavy atom. The molecule has 0 spiro atoms. The first kappa shape index (κ1) is 21.2. The Hall–Kier alpha value is -1.15. The Balaban J connectivity index is 0.00000243. The van der Waals surface area contributed by atoms with E-state index in [1.807, 2.05) is 0 Å². The van der Waals surface area contributed by atoms with Crippen LogP contribution in [0.25, 0.3) is 0 Å². The lowest BCUT2D eigenvalue weighted by Crippen LogP contribution is -2.35. The van der Waals surface area contributed by atoms with Crippen LogP contribution in [0.5, 0.6) is 0 Å². The number of nitrogens with one attached hydrogen (secondary N) is 2. The van der Waals surface area contributed by atoms with Gasteiger partial charge in [-0.2, -0.15) is 4.31 Å². The molecular formula is C18H28ClN3O3S. The average molecular weight is 402 g/mol. The summed E-state index contributed by atoms with van der Waals surface area (Å²) in [5.74, 6) is 0.510. The van der Waals surface area contributed by atoms with E-state index in [2.05, 4.69) is 10.6 Å². The number of carbonyl (C=O) groups is 1. The molecule has 2 heterocycles. The van der Waals surface area contributed by atoms with Crippen molar-refractivity contribution in [1.29, 1.82) is 0 Å². The Morgan fingerprint density at radius 1 is 1.23 bits per heavy atom. The van der Waals surface area contributed by atoms with E-state index in [1.165, 1.54) is 0 Å². The van der Waals surface area contributed by atoms with Crippen LogP contribution >= 0.6 is 12.4 Å². The molecule has 1 amide bonds. The van der Waals surface area contributed by atoms with Gasteiger partial charge in [0, 0.05) is 25.2 Å². The Kier molecular flexibility index (Phi) is 7.88. The highest BCUT2D eigenvalue weighted by atomic mass is 35.5. The number of benzene rings is 1. The number of rotatable bonds is 6. The van der Waals surface area contributed by atoms with Crippen molar-refractivity contribution in [3.05, 3.63) is 24.3 Å². The van der Waals surface area contributed by atoms with Crippen LogP contribution in [0.4, 0.5) is 5.69 Å². The molecule has 2 fully saturated rings. The van der Waals surface area contributed by atoms with Crippen molar-refractivity contribution in [3.63, 3.8) is 0 Å². The lowest BCUT2D eigenvalue weighted by molar-refractivity contribution is -0.116. The maximum Gasteiger partial charge on any atom is 0.243 e. The van der Waals surface area contributed by atoms with Gasteiger partial charge < -0.3 is 10.6 Å². The van der Waals surface area contributed by atoms with Crippen LogP contribution in [0.2, 0.25) is 0 Å². The second-order valence-corrected chi connectivity index (χ2v) is 8.88. The van der Waals surface area contributed by atoms with Gasteiger partial charge in [-0.05, 0) is 62.9 Å². The van der Waals surface area contributed by atoms with Crippen molar-refractivity contribution in [1.82, 2.24) is 9.62 Å². The van der Waals surface area contributed by atoms with E-state index < -0.39 is 10.0 Å². The van der Waals surface area contributed by atoms with Crippen LogP contribution in [0.1, 0.15) is 38.5 Å². The molecule has 2 N–H and O–H groups in total. The van der Waals surface area contributed by atoms with Gasteiger partial charge in [0.2, 0.25) is 15.9 Å². The zero-order chi connectivity index (χ0) is 17.7. The number of piperidine rings is 1. The van der Waals surface area contributed by atoms with Crippen LogP contribution in [0.3, 0.4) is 0 Å². The SMILES string of the molecule is Cl.O=C(CCC1CCNC1)Nc1cccc(S(=O)(=O)N2CCCCC2)c1. The van der Waals surface area contributed by atoms with Crippen LogP contribution in [0, 0.1) is 5.92 Å². The second-order valence-electron chi connectivity index (χ2n) is 6.94. The molecule has 8 heteroatoms. The van der Waals surface area contributed by atoms with Gasteiger partial charge in [-0.25, -0.2) is 8.42 Å². The summed E-state index contributed by atoms with van der Waals surface area (Å²) in [6.07, 6.45) is 5.35. The molecule has 1 atom stereocenters. The highest BCUT2D eigenvalue weighted by Crippen LogP contribution is 2.23. The minimum atomic E-state index is -3.47. The van der Waals surface area contributed by atoms with Gasteiger partial charge in [0.15, 0.2) is 0 Å². The van der Waals surface area contributed by atoms with Crippen molar-refractivity contribution < 1.29 is 13.2 Å². The van der Waals surface area contributed by atoms with E-state index in [0.717, 1.165) is 45.2 Å². The van der Waals surface area contributed by atoms with Crippen LogP contribution in [-0.4, -0.2) is 44.8 Å². The molecule has 2 aliphatic heterocycles. The number of hydrogen-bond donors (Lipinski definition) is 2. The lowest BCUT2D eigenvalue weighted by atomic mass is 10.0. The van der Waals surface area contributed by atoms with Crippen LogP contribution in [-0.2, 0) is 14.8 Å². The number of amides is 1. The Morgan fingerprint density at radius 2 is 2.00 bits per heavy atom. The molecule has 1 unspecified atom stereocenters. The number of carbonyl (C=O) groups excluding carboxylic acids is 1. The van der Waals surface area contributed by atoms with Gasteiger partial charge in [-0.15, -0.1) is 12.4 Å². The van der Waals surface area contributed by atoms with Crippen LogP contribution < -0.4 is 10.6 Å². The van der Waals surface area contributed by atoms with Gasteiger partial charge in [0.25, 0.3) is 0 Å². The molecule has 6 nitrogen and oxygen atoms in total. The summed E-state index contributed by atoms with van der Waals surface area (Å²) in [4.78, 5) is 12.4. The third-order valence-corrected chi connectivity index (χ3v) is 6.91. The monoisotopic (exact) mass is 401 g/mol. The third-order valence-electron chi connectivity index (χ3n) is 5.01. The quantitative estimate of drug-likeness (QED) is 0.768. The highest BCUT2D eigenvalue weighted by molar-refractivity contribution is 7.89. The minimum Gasteiger partial charge on any atom is -0.326 e. The fourth-order valence-corrected chi connectivity index (χ4v) is 5.07. The third kappa shape index (κ3) is 5.42. The molecule has 0 aliphatic carbocycles. The normalized spacial score (nSPS) is 21.2. The van der Waals surface area contributed by atoms with Gasteiger partial charge in [0.05, 0.1) is 4.90 Å². The van der Waals surface area contributed by atoms with Crippen LogP contribution in [0.15, 0.2) is 29.2 Å². The summed E-state index contributed by atoms with van der Waals surface area (Å²) in [6.45, 7) is 3.17. The standard InChI is InChI=1S/C18H27N3O3S.ClH/c22-18(8-7-15-9-10-19-14-15)20-16-5-4-6-17(13-16)25(23,24)21-11-2-1-3-12-21;/h4-6,13,15,19H,1-3,7-12,14H2,(H,20,22);1H. The molecule has 146 valence electrons. The molecule has 3 rings (SSSR count). The Labute approximate surface area is 162 Å². The van der Waals surface area contributed by atoms with Crippen molar-refractivity contribution >= 4 is 34.0 Å². The largest absolute Gasteiger partial charge is 0.326 e. The summed E-state index contributed by atoms with van der Waals surface area (Å²) >= 11 is 0. The van der Waals surface area contributed by atoms with Gasteiger partial charge in [0.1, 0.15) is 0 Å². The predicted molar refractivity (Wildman–Crippen MR) is 105 cm³/mol. The maximum atomic E-state index is 12.7. The molecular weight excluding hydrogens is 374 g/mol. The molecule has 1 aromatic rings. The number of nitrogens with zero attached hydrogens (tertiary/aromatic N) is 1. The summed E-state index contributed by atoms with van der Waals surface area (Å²) in [5, 5.41) is 6.14. The molecule has 0 saturated carbocycles. The topological polar surface area (TPSA) is 78.5 Å². The number of sulfonamides is 1. The maximum absolute atomic E-state index is 12.7. The first-order valence-electron chi connectivity index (χ1n) is 9.16. The number of anilines is 1. The number of halogens is 1. The summed E-state index contributed by atoms with van der Waals surface area (Å²) < 4.78 is 27.0. The van der Waals surface area contributed by atoms with Crippen molar-refractivity contribution in [3.8, 4) is 0 Å². The van der Waals surface area contributed by atoms with Gasteiger partial charge >= 0.3 is 0 Å². The molecule has 2 saturated heterocycles. The molecule has 0 bridgehead atoms. The second kappa shape index (κ2) is 9.69. The molecule has 0 aromatic heterocycles. The lowest BCUT2D eigenvalue weighted by Gasteiger charge is -2.26. The fraction of sp³-hybridized carbons (Fsp3) is 0.611. The average Bonchev–Trinajstić information content (AvgIpc) is 3.14. The Bertz CT molecular complexity index is 699. The molecule has 26 heavy (non-hydrogen) atoms. The fourth-order valence-electron chi connectivity index (χ4n) is 3.51. The smallest absolute Gasteiger partial charge is 0.243 e. The summed E-state index contributed by atoms with van der Waals surface area (Å²) in [7, 11) is -3.47. The van der Waals surface area contributed by atoms with E-state index >= 15 is 0 Å². The van der Waals surface area contributed by atoms with Crippen molar-refractivity contribution in [2.24, 2.45) is 5.92 Å². The van der Waals surface area contributed by atoms with E-state index in [-0.39, 0.29) is 23.2 Å². The zero-order valence-electron chi connectivity index (χ0n) is 14.9. The van der Waals surface area contributed by atoms with E-state index in [1.54, 1.807) is 28.6 Å². The van der Waals surface area contributed by atoms with Gasteiger partial charge in [-0.3, -0.25) is 4.79 Å². The minimum absolute atomic E-state index is 0. The van der Waals surface area contributed by atoms with E-state index in [0.29, 0.717) is 31.1 Å². The molecule has 1 aromatic carbocycles. The van der Waals surface area contributed by atoms with Crippen molar-refractivity contribution in [2.45, 2.75) is 43.4 Å². The summed E-state index contributed by atoms with van der Waals surface area (Å²) in [6, 6.07) is 6.60. The first-order valence-corrected chi connectivity index (χ1v) is 10.6. The number of hydrogen-bond acceptors (Lipinski definition) is 4. The van der Waals surface area contributed by atoms with E-state index in [4.69, 9.17) is 0 Å². The van der Waals surface area contributed by atoms with Gasteiger partial charge in [-0.1, -0.05) is 12.5 Å². The highest BCUT2D eigenvalue weighted by Gasteiger charge is 2.26.